The van der Waals surface area contributed by atoms with E-state index in [0.29, 0.717) is 22.2 Å². The molecular weight excluding hydrogens is 314 g/mol. The van der Waals surface area contributed by atoms with Crippen LogP contribution in [0.3, 0.4) is 0 Å². The zero-order valence-corrected chi connectivity index (χ0v) is 14.2. The molecule has 2 aromatic rings. The first-order chi connectivity index (χ1) is 11.0. The SMILES string of the molecule is COc1ccccc1OCCC(=O)Nc1c(C)cc(C)cc1Cl. The van der Waals surface area contributed by atoms with Crippen molar-refractivity contribution in [1.29, 1.82) is 0 Å². The van der Waals surface area contributed by atoms with Crippen LogP contribution in [-0.4, -0.2) is 19.6 Å². The lowest BCUT2D eigenvalue weighted by Gasteiger charge is -2.13. The Bertz CT molecular complexity index is 677. The molecule has 2 aromatic carbocycles. The number of anilines is 1. The molecule has 0 aromatic heterocycles. The number of carbonyl (C=O) groups is 1. The highest BCUT2D eigenvalue weighted by molar-refractivity contribution is 6.34. The fourth-order valence-electron chi connectivity index (χ4n) is 2.27. The molecule has 0 radical (unpaired) electrons. The molecule has 122 valence electrons. The van der Waals surface area contributed by atoms with Crippen molar-refractivity contribution in [1.82, 2.24) is 0 Å². The van der Waals surface area contributed by atoms with Crippen molar-refractivity contribution in [3.8, 4) is 11.5 Å². The maximum atomic E-state index is 12.1. The molecule has 0 aliphatic heterocycles. The van der Waals surface area contributed by atoms with E-state index >= 15 is 0 Å². The Labute approximate surface area is 141 Å². The zero-order chi connectivity index (χ0) is 16.8. The molecule has 2 rings (SSSR count). The van der Waals surface area contributed by atoms with Crippen molar-refractivity contribution in [3.05, 3.63) is 52.5 Å². The lowest BCUT2D eigenvalue weighted by Crippen LogP contribution is -2.16. The van der Waals surface area contributed by atoms with Crippen molar-refractivity contribution in [2.24, 2.45) is 0 Å². The lowest BCUT2D eigenvalue weighted by atomic mass is 10.1. The second-order valence-corrected chi connectivity index (χ2v) is 5.64. The summed E-state index contributed by atoms with van der Waals surface area (Å²) in [6, 6.07) is 11.1. The van der Waals surface area contributed by atoms with Crippen molar-refractivity contribution in [3.63, 3.8) is 0 Å². The molecular formula is C18H20ClNO3. The third kappa shape index (κ3) is 4.63. The van der Waals surface area contributed by atoms with Gasteiger partial charge >= 0.3 is 0 Å². The summed E-state index contributed by atoms with van der Waals surface area (Å²) in [5.74, 6) is 1.12. The molecule has 0 spiro atoms. The number of aryl methyl sites for hydroxylation is 2. The Hall–Kier alpha value is -2.20. The summed E-state index contributed by atoms with van der Waals surface area (Å²) in [6.07, 6.45) is 0.224. The van der Waals surface area contributed by atoms with Gasteiger partial charge in [0.25, 0.3) is 0 Å². The van der Waals surface area contributed by atoms with E-state index in [4.69, 9.17) is 21.1 Å². The quantitative estimate of drug-likeness (QED) is 0.853. The van der Waals surface area contributed by atoms with Crippen LogP contribution in [0.4, 0.5) is 5.69 Å². The molecule has 1 N–H and O–H groups in total. The first-order valence-electron chi connectivity index (χ1n) is 7.33. The van der Waals surface area contributed by atoms with Crippen LogP contribution in [0.1, 0.15) is 17.5 Å². The Kier molecular flexibility index (Phi) is 5.88. The Morgan fingerprint density at radius 2 is 1.87 bits per heavy atom. The number of nitrogens with one attached hydrogen (secondary N) is 1. The van der Waals surface area contributed by atoms with Gasteiger partial charge in [-0.15, -0.1) is 0 Å². The highest BCUT2D eigenvalue weighted by Crippen LogP contribution is 2.28. The summed E-state index contributed by atoms with van der Waals surface area (Å²) in [5.41, 5.74) is 2.65. The average Bonchev–Trinajstić information content (AvgIpc) is 2.51. The lowest BCUT2D eigenvalue weighted by molar-refractivity contribution is -0.116. The fraction of sp³-hybridized carbons (Fsp3) is 0.278. The van der Waals surface area contributed by atoms with Crippen LogP contribution in [0.15, 0.2) is 36.4 Å². The minimum atomic E-state index is -0.145. The third-order valence-corrected chi connectivity index (χ3v) is 3.65. The Balaban J connectivity index is 1.91. The predicted octanol–water partition coefficient (Wildman–Crippen LogP) is 4.37. The first kappa shape index (κ1) is 17.2. The van der Waals surface area contributed by atoms with E-state index in [1.165, 1.54) is 0 Å². The number of benzene rings is 2. The molecule has 23 heavy (non-hydrogen) atoms. The number of rotatable bonds is 6. The third-order valence-electron chi connectivity index (χ3n) is 3.35. The van der Waals surface area contributed by atoms with Gasteiger partial charge in [-0.3, -0.25) is 4.79 Å². The van der Waals surface area contributed by atoms with E-state index in [0.717, 1.165) is 11.1 Å². The first-order valence-corrected chi connectivity index (χ1v) is 7.71. The summed E-state index contributed by atoms with van der Waals surface area (Å²) in [5, 5.41) is 3.38. The monoisotopic (exact) mass is 333 g/mol. The van der Waals surface area contributed by atoms with Gasteiger partial charge in [-0.2, -0.15) is 0 Å². The van der Waals surface area contributed by atoms with Crippen molar-refractivity contribution >= 4 is 23.2 Å². The molecule has 0 heterocycles. The second kappa shape index (κ2) is 7.88. The molecule has 0 saturated carbocycles. The summed E-state index contributed by atoms with van der Waals surface area (Å²) < 4.78 is 10.8. The molecule has 0 aliphatic rings. The van der Waals surface area contributed by atoms with Gasteiger partial charge in [0.05, 0.1) is 30.8 Å². The number of hydrogen-bond acceptors (Lipinski definition) is 3. The van der Waals surface area contributed by atoms with E-state index in [2.05, 4.69) is 5.32 Å². The smallest absolute Gasteiger partial charge is 0.227 e. The molecule has 0 aliphatic carbocycles. The normalized spacial score (nSPS) is 10.3. The minimum Gasteiger partial charge on any atom is -0.493 e. The Morgan fingerprint density at radius 1 is 1.17 bits per heavy atom. The molecule has 0 unspecified atom stereocenters. The van der Waals surface area contributed by atoms with Gasteiger partial charge in [-0.05, 0) is 43.2 Å². The largest absolute Gasteiger partial charge is 0.493 e. The number of amides is 1. The van der Waals surface area contributed by atoms with Gasteiger partial charge in [0.1, 0.15) is 0 Å². The number of carbonyl (C=O) groups excluding carboxylic acids is 1. The van der Waals surface area contributed by atoms with E-state index < -0.39 is 0 Å². The van der Waals surface area contributed by atoms with Gasteiger partial charge in [0, 0.05) is 0 Å². The maximum Gasteiger partial charge on any atom is 0.227 e. The van der Waals surface area contributed by atoms with Crippen LogP contribution in [-0.2, 0) is 4.79 Å². The molecule has 5 heteroatoms. The van der Waals surface area contributed by atoms with Crippen LogP contribution >= 0.6 is 11.6 Å². The zero-order valence-electron chi connectivity index (χ0n) is 13.5. The highest BCUT2D eigenvalue weighted by Gasteiger charge is 2.10. The average molecular weight is 334 g/mol. The standard InChI is InChI=1S/C18H20ClNO3/c1-12-10-13(2)18(14(19)11-12)20-17(21)8-9-23-16-7-5-4-6-15(16)22-3/h4-7,10-11H,8-9H2,1-3H3,(H,20,21). The molecule has 0 bridgehead atoms. The van der Waals surface area contributed by atoms with Crippen molar-refractivity contribution in [2.75, 3.05) is 19.0 Å². The van der Waals surface area contributed by atoms with Crippen molar-refractivity contribution < 1.29 is 14.3 Å². The van der Waals surface area contributed by atoms with E-state index in [9.17, 15) is 4.79 Å². The van der Waals surface area contributed by atoms with Crippen molar-refractivity contribution in [2.45, 2.75) is 20.3 Å². The number of hydrogen-bond donors (Lipinski definition) is 1. The van der Waals surface area contributed by atoms with Crippen LogP contribution in [0, 0.1) is 13.8 Å². The number of halogens is 1. The van der Waals surface area contributed by atoms with Crippen LogP contribution < -0.4 is 14.8 Å². The molecule has 0 fully saturated rings. The van der Waals surface area contributed by atoms with Gasteiger partial charge < -0.3 is 14.8 Å². The van der Waals surface area contributed by atoms with E-state index in [-0.39, 0.29) is 18.9 Å². The van der Waals surface area contributed by atoms with Crippen LogP contribution in [0.25, 0.3) is 0 Å². The minimum absolute atomic E-state index is 0.145. The predicted molar refractivity (Wildman–Crippen MR) is 92.7 cm³/mol. The highest BCUT2D eigenvalue weighted by atomic mass is 35.5. The summed E-state index contributed by atoms with van der Waals surface area (Å²) in [4.78, 5) is 12.1. The Morgan fingerprint density at radius 3 is 2.52 bits per heavy atom. The molecule has 0 saturated heterocycles. The maximum absolute atomic E-state index is 12.1. The van der Waals surface area contributed by atoms with E-state index in [1.54, 1.807) is 13.2 Å². The second-order valence-electron chi connectivity index (χ2n) is 5.24. The van der Waals surface area contributed by atoms with Gasteiger partial charge in [0.15, 0.2) is 11.5 Å². The van der Waals surface area contributed by atoms with Gasteiger partial charge in [-0.25, -0.2) is 0 Å². The number of ether oxygens (including phenoxy) is 2. The molecule has 4 nitrogen and oxygen atoms in total. The fourth-order valence-corrected chi connectivity index (χ4v) is 2.64. The summed E-state index contributed by atoms with van der Waals surface area (Å²) >= 11 is 6.19. The molecule has 1 amide bonds. The van der Waals surface area contributed by atoms with Crippen LogP contribution in [0.5, 0.6) is 11.5 Å². The topological polar surface area (TPSA) is 47.6 Å². The van der Waals surface area contributed by atoms with E-state index in [1.807, 2.05) is 44.2 Å². The van der Waals surface area contributed by atoms with Gasteiger partial charge in [-0.1, -0.05) is 29.8 Å². The van der Waals surface area contributed by atoms with Gasteiger partial charge in [0.2, 0.25) is 5.91 Å². The molecule has 0 atom stereocenters. The summed E-state index contributed by atoms with van der Waals surface area (Å²) in [6.45, 7) is 4.14. The number of methoxy groups -OCH3 is 1. The van der Waals surface area contributed by atoms with Crippen LogP contribution in [0.2, 0.25) is 5.02 Å². The summed E-state index contributed by atoms with van der Waals surface area (Å²) in [7, 11) is 1.58. The number of para-hydroxylation sites is 2.